The quantitative estimate of drug-likeness (QED) is 0.352. The Bertz CT molecular complexity index is 1360. The average Bonchev–Trinajstić information content (AvgIpc) is 3.18. The van der Waals surface area contributed by atoms with E-state index in [2.05, 4.69) is 25.6 Å². The van der Waals surface area contributed by atoms with E-state index < -0.39 is 0 Å². The predicted octanol–water partition coefficient (Wildman–Crippen LogP) is 6.39. The fraction of sp³-hybridized carbons (Fsp3) is 0.0800. The van der Waals surface area contributed by atoms with Crippen LogP contribution in [0, 0.1) is 13.8 Å². The summed E-state index contributed by atoms with van der Waals surface area (Å²) in [6.07, 6.45) is 3.58. The zero-order valence-electron chi connectivity index (χ0n) is 17.3. The van der Waals surface area contributed by atoms with Gasteiger partial charge in [-0.15, -0.1) is 0 Å². The van der Waals surface area contributed by atoms with Crippen molar-refractivity contribution in [3.8, 4) is 11.5 Å². The van der Waals surface area contributed by atoms with Crippen molar-refractivity contribution in [1.29, 1.82) is 0 Å². The molecule has 6 nitrogen and oxygen atoms in total. The highest BCUT2D eigenvalue weighted by molar-refractivity contribution is 5.81. The molecule has 0 radical (unpaired) electrons. The van der Waals surface area contributed by atoms with E-state index in [1.807, 2.05) is 80.6 Å². The van der Waals surface area contributed by atoms with Crippen molar-refractivity contribution >= 4 is 33.8 Å². The second-order valence-corrected chi connectivity index (χ2v) is 7.40. The Hall–Kier alpha value is -4.19. The van der Waals surface area contributed by atoms with Gasteiger partial charge in [0.05, 0.1) is 0 Å². The molecule has 0 saturated heterocycles. The van der Waals surface area contributed by atoms with E-state index in [1.165, 1.54) is 0 Å². The Kier molecular flexibility index (Phi) is 4.80. The number of oxazole rings is 1. The van der Waals surface area contributed by atoms with E-state index in [0.29, 0.717) is 5.89 Å². The maximum atomic E-state index is 6.04. The van der Waals surface area contributed by atoms with Crippen LogP contribution in [0.4, 0.5) is 22.7 Å². The number of benzene rings is 2. The molecule has 152 valence electrons. The molecule has 0 bridgehead atoms. The summed E-state index contributed by atoms with van der Waals surface area (Å²) >= 11 is 0. The second-order valence-electron chi connectivity index (χ2n) is 7.40. The van der Waals surface area contributed by atoms with Gasteiger partial charge in [-0.2, -0.15) is 0 Å². The lowest BCUT2D eigenvalue weighted by Gasteiger charge is -2.07. The first-order valence-corrected chi connectivity index (χ1v) is 10.0. The molecule has 0 unspecified atom stereocenters. The standard InChI is InChI=1S/C25H21N5O/c1-16-13-21(9-11-26-16)28-19-5-3-18(4-6-19)25-30-23-8-7-20(15-24(23)31-25)29-22-10-12-27-17(2)14-22/h3-15H,1-2H3,(H,26,28)(H,27,29). The van der Waals surface area contributed by atoms with Gasteiger partial charge < -0.3 is 15.1 Å². The molecule has 0 atom stereocenters. The van der Waals surface area contributed by atoms with E-state index in [-0.39, 0.29) is 0 Å². The Labute approximate surface area is 180 Å². The van der Waals surface area contributed by atoms with Gasteiger partial charge >= 0.3 is 0 Å². The minimum Gasteiger partial charge on any atom is -0.436 e. The molecular formula is C25H21N5O. The molecule has 0 aliphatic heterocycles. The van der Waals surface area contributed by atoms with Gasteiger partial charge in [-0.25, -0.2) is 4.98 Å². The minimum atomic E-state index is 0.596. The number of anilines is 4. The first-order valence-electron chi connectivity index (χ1n) is 10.0. The van der Waals surface area contributed by atoms with Crippen molar-refractivity contribution in [3.63, 3.8) is 0 Å². The molecule has 0 amide bonds. The number of hydrogen-bond acceptors (Lipinski definition) is 6. The van der Waals surface area contributed by atoms with Gasteiger partial charge in [-0.3, -0.25) is 9.97 Å². The number of aromatic nitrogens is 3. The summed E-state index contributed by atoms with van der Waals surface area (Å²) in [5, 5.41) is 6.76. The monoisotopic (exact) mass is 407 g/mol. The topological polar surface area (TPSA) is 75.9 Å². The zero-order valence-corrected chi connectivity index (χ0v) is 17.3. The van der Waals surface area contributed by atoms with Crippen LogP contribution in [0.5, 0.6) is 0 Å². The Morgan fingerprint density at radius 3 is 1.87 bits per heavy atom. The zero-order chi connectivity index (χ0) is 21.2. The third-order valence-electron chi connectivity index (χ3n) is 4.89. The van der Waals surface area contributed by atoms with Crippen LogP contribution in [0.25, 0.3) is 22.6 Å². The van der Waals surface area contributed by atoms with Crippen LogP contribution in [0.3, 0.4) is 0 Å². The third kappa shape index (κ3) is 4.23. The predicted molar refractivity (Wildman–Crippen MR) is 124 cm³/mol. The summed E-state index contributed by atoms with van der Waals surface area (Å²) in [5.41, 5.74) is 8.34. The summed E-state index contributed by atoms with van der Waals surface area (Å²) in [6.45, 7) is 3.94. The van der Waals surface area contributed by atoms with Crippen molar-refractivity contribution in [2.24, 2.45) is 0 Å². The molecule has 0 fully saturated rings. The lowest BCUT2D eigenvalue weighted by atomic mass is 10.2. The van der Waals surface area contributed by atoms with Gasteiger partial charge in [-0.1, -0.05) is 0 Å². The summed E-state index contributed by atoms with van der Waals surface area (Å²) in [7, 11) is 0. The van der Waals surface area contributed by atoms with Crippen LogP contribution in [-0.4, -0.2) is 15.0 Å². The molecule has 0 aliphatic rings. The van der Waals surface area contributed by atoms with Gasteiger partial charge in [0.15, 0.2) is 5.58 Å². The lowest BCUT2D eigenvalue weighted by molar-refractivity contribution is 0.620. The van der Waals surface area contributed by atoms with Gasteiger partial charge in [-0.05, 0) is 74.5 Å². The van der Waals surface area contributed by atoms with Crippen molar-refractivity contribution in [2.45, 2.75) is 13.8 Å². The number of rotatable bonds is 5. The molecule has 6 heteroatoms. The van der Waals surface area contributed by atoms with E-state index in [4.69, 9.17) is 4.42 Å². The Morgan fingerprint density at radius 2 is 1.23 bits per heavy atom. The molecule has 3 aromatic heterocycles. The number of nitrogens with zero attached hydrogens (tertiary/aromatic N) is 3. The molecule has 2 aromatic carbocycles. The molecule has 0 saturated carbocycles. The van der Waals surface area contributed by atoms with Crippen LogP contribution >= 0.6 is 0 Å². The Morgan fingerprint density at radius 1 is 0.645 bits per heavy atom. The third-order valence-corrected chi connectivity index (χ3v) is 4.89. The van der Waals surface area contributed by atoms with E-state index in [1.54, 1.807) is 12.4 Å². The molecule has 5 rings (SSSR count). The largest absolute Gasteiger partial charge is 0.436 e. The second kappa shape index (κ2) is 7.91. The highest BCUT2D eigenvalue weighted by Crippen LogP contribution is 2.29. The number of nitrogens with one attached hydrogen (secondary N) is 2. The molecule has 2 N–H and O–H groups in total. The van der Waals surface area contributed by atoms with Crippen LogP contribution in [-0.2, 0) is 0 Å². The number of aryl methyl sites for hydroxylation is 2. The van der Waals surface area contributed by atoms with Crippen LogP contribution in [0.1, 0.15) is 11.4 Å². The number of pyridine rings is 2. The lowest BCUT2D eigenvalue weighted by Crippen LogP contribution is -1.91. The highest BCUT2D eigenvalue weighted by atomic mass is 16.3. The van der Waals surface area contributed by atoms with Crippen LogP contribution in [0.15, 0.2) is 83.5 Å². The SMILES string of the molecule is Cc1cc(Nc2ccc(-c3nc4ccc(Nc5ccnc(C)c5)cc4o3)cc2)ccn1. The molecule has 5 aromatic rings. The van der Waals surface area contributed by atoms with E-state index in [0.717, 1.165) is 50.8 Å². The number of fused-ring (bicyclic) bond motifs is 1. The molecule has 31 heavy (non-hydrogen) atoms. The summed E-state index contributed by atoms with van der Waals surface area (Å²) < 4.78 is 6.04. The van der Waals surface area contributed by atoms with Crippen molar-refractivity contribution in [2.75, 3.05) is 10.6 Å². The minimum absolute atomic E-state index is 0.596. The highest BCUT2D eigenvalue weighted by Gasteiger charge is 2.09. The smallest absolute Gasteiger partial charge is 0.227 e. The summed E-state index contributed by atoms with van der Waals surface area (Å²) in [6, 6.07) is 21.8. The van der Waals surface area contributed by atoms with E-state index in [9.17, 15) is 0 Å². The molecule has 0 aliphatic carbocycles. The first kappa shape index (κ1) is 18.8. The first-order chi connectivity index (χ1) is 15.1. The Balaban J connectivity index is 1.36. The normalized spacial score (nSPS) is 10.9. The van der Waals surface area contributed by atoms with Gasteiger partial charge in [0, 0.05) is 58.2 Å². The fourth-order valence-corrected chi connectivity index (χ4v) is 3.40. The van der Waals surface area contributed by atoms with Gasteiger partial charge in [0.2, 0.25) is 5.89 Å². The molecule has 3 heterocycles. The summed E-state index contributed by atoms with van der Waals surface area (Å²) in [4.78, 5) is 13.1. The van der Waals surface area contributed by atoms with Crippen LogP contribution in [0.2, 0.25) is 0 Å². The van der Waals surface area contributed by atoms with Gasteiger partial charge in [0.1, 0.15) is 5.52 Å². The van der Waals surface area contributed by atoms with Crippen molar-refractivity contribution in [3.05, 3.63) is 90.5 Å². The average molecular weight is 407 g/mol. The maximum absolute atomic E-state index is 6.04. The summed E-state index contributed by atoms with van der Waals surface area (Å²) in [5.74, 6) is 0.596. The molecule has 0 spiro atoms. The molecular weight excluding hydrogens is 386 g/mol. The fourth-order valence-electron chi connectivity index (χ4n) is 3.40. The van der Waals surface area contributed by atoms with Crippen molar-refractivity contribution in [1.82, 2.24) is 15.0 Å². The van der Waals surface area contributed by atoms with Crippen LogP contribution < -0.4 is 10.6 Å². The van der Waals surface area contributed by atoms with Gasteiger partial charge in [0.25, 0.3) is 0 Å². The maximum Gasteiger partial charge on any atom is 0.227 e. The van der Waals surface area contributed by atoms with Crippen molar-refractivity contribution < 1.29 is 4.42 Å². The number of hydrogen-bond donors (Lipinski definition) is 2. The van der Waals surface area contributed by atoms with E-state index >= 15 is 0 Å².